The molecular formula is C19H26N2O. The number of rotatable bonds is 3. The van der Waals surface area contributed by atoms with Gasteiger partial charge in [-0.3, -0.25) is 0 Å². The van der Waals surface area contributed by atoms with Crippen molar-refractivity contribution in [3.8, 4) is 0 Å². The molecule has 4 rings (SSSR count). The molecule has 0 saturated heterocycles. The minimum atomic E-state index is 0.00319. The number of carbonyl (C=O) groups excluding carboxylic acids is 1. The quantitative estimate of drug-likeness (QED) is 0.874. The number of hydrogen-bond acceptors (Lipinski definition) is 1. The lowest BCUT2D eigenvalue weighted by molar-refractivity contribution is 0.196. The maximum atomic E-state index is 12.3. The summed E-state index contributed by atoms with van der Waals surface area (Å²) in [5.74, 6) is 3.51. The van der Waals surface area contributed by atoms with Crippen LogP contribution in [-0.4, -0.2) is 12.1 Å². The topological polar surface area (TPSA) is 41.1 Å². The van der Waals surface area contributed by atoms with Gasteiger partial charge in [-0.05, 0) is 61.8 Å². The van der Waals surface area contributed by atoms with Gasteiger partial charge in [0.05, 0.1) is 6.04 Å². The lowest BCUT2D eigenvalue weighted by atomic mass is 9.79. The van der Waals surface area contributed by atoms with Gasteiger partial charge in [0.25, 0.3) is 0 Å². The molecule has 0 spiro atoms. The second-order valence-electron chi connectivity index (χ2n) is 7.51. The molecule has 3 nitrogen and oxygen atoms in total. The van der Waals surface area contributed by atoms with Gasteiger partial charge in [-0.25, -0.2) is 4.79 Å². The zero-order chi connectivity index (χ0) is 15.1. The summed E-state index contributed by atoms with van der Waals surface area (Å²) in [6.45, 7) is 2.04. The van der Waals surface area contributed by atoms with E-state index in [1.54, 1.807) is 0 Å². The largest absolute Gasteiger partial charge is 0.335 e. The van der Waals surface area contributed by atoms with Crippen LogP contribution in [0.2, 0.25) is 0 Å². The molecule has 0 radical (unpaired) electrons. The van der Waals surface area contributed by atoms with Crippen LogP contribution in [0.3, 0.4) is 0 Å². The third kappa shape index (κ3) is 2.41. The van der Waals surface area contributed by atoms with E-state index in [-0.39, 0.29) is 12.1 Å². The highest BCUT2D eigenvalue weighted by Crippen LogP contribution is 2.58. The molecule has 2 N–H and O–H groups in total. The van der Waals surface area contributed by atoms with Crippen molar-refractivity contribution in [2.75, 3.05) is 0 Å². The summed E-state index contributed by atoms with van der Waals surface area (Å²) in [4.78, 5) is 12.3. The van der Waals surface area contributed by atoms with Gasteiger partial charge in [0.15, 0.2) is 0 Å². The minimum absolute atomic E-state index is 0.00319. The summed E-state index contributed by atoms with van der Waals surface area (Å²) in [5.41, 5.74) is 1.15. The SMILES string of the molecule is C[C@H](NC(=O)N[C@@H]1C[C@H]2C[C@H]1[C@@H]1CCC[C@H]21)c1ccccc1. The van der Waals surface area contributed by atoms with Crippen LogP contribution in [0.15, 0.2) is 30.3 Å². The second kappa shape index (κ2) is 5.60. The Morgan fingerprint density at radius 2 is 1.86 bits per heavy atom. The smallest absolute Gasteiger partial charge is 0.315 e. The van der Waals surface area contributed by atoms with E-state index in [1.165, 1.54) is 32.1 Å². The number of urea groups is 1. The molecule has 3 heteroatoms. The maximum Gasteiger partial charge on any atom is 0.315 e. The molecule has 3 fully saturated rings. The highest BCUT2D eigenvalue weighted by atomic mass is 16.2. The molecule has 6 atom stereocenters. The molecule has 0 aliphatic heterocycles. The third-order valence-corrected chi connectivity index (χ3v) is 6.39. The Bertz CT molecular complexity index is 544. The van der Waals surface area contributed by atoms with E-state index in [0.717, 1.165) is 29.2 Å². The average Bonchev–Trinajstić information content (AvgIpc) is 3.20. The molecule has 0 heterocycles. The number of carbonyl (C=O) groups is 1. The molecule has 3 saturated carbocycles. The van der Waals surface area contributed by atoms with Gasteiger partial charge in [-0.2, -0.15) is 0 Å². The molecule has 22 heavy (non-hydrogen) atoms. The molecule has 3 aliphatic carbocycles. The Morgan fingerprint density at radius 1 is 1.09 bits per heavy atom. The van der Waals surface area contributed by atoms with Crippen LogP contribution in [0.1, 0.15) is 50.6 Å². The van der Waals surface area contributed by atoms with Gasteiger partial charge < -0.3 is 10.6 Å². The lowest BCUT2D eigenvalue weighted by Gasteiger charge is -2.32. The zero-order valence-corrected chi connectivity index (χ0v) is 13.3. The van der Waals surface area contributed by atoms with Crippen molar-refractivity contribution in [2.45, 2.75) is 51.1 Å². The van der Waals surface area contributed by atoms with E-state index in [4.69, 9.17) is 0 Å². The maximum absolute atomic E-state index is 12.3. The number of hydrogen-bond donors (Lipinski definition) is 2. The molecule has 0 aromatic heterocycles. The Hall–Kier alpha value is -1.51. The van der Waals surface area contributed by atoms with Crippen molar-refractivity contribution in [1.29, 1.82) is 0 Å². The van der Waals surface area contributed by atoms with Crippen LogP contribution < -0.4 is 10.6 Å². The van der Waals surface area contributed by atoms with Crippen LogP contribution >= 0.6 is 0 Å². The first kappa shape index (κ1) is 14.1. The fraction of sp³-hybridized carbons (Fsp3) is 0.632. The summed E-state index contributed by atoms with van der Waals surface area (Å²) in [7, 11) is 0. The van der Waals surface area contributed by atoms with Crippen molar-refractivity contribution < 1.29 is 4.79 Å². The number of benzene rings is 1. The van der Waals surface area contributed by atoms with Crippen molar-refractivity contribution >= 4 is 6.03 Å². The standard InChI is InChI=1S/C19H26N2O/c1-12(13-6-3-2-4-7-13)20-19(22)21-18-11-14-10-17(18)16-9-5-8-15(14)16/h2-4,6-7,12,14-18H,5,8-11H2,1H3,(H2,20,21,22)/t12-,14+,15+,16+,17-,18+/m0/s1. The van der Waals surface area contributed by atoms with Gasteiger partial charge >= 0.3 is 6.03 Å². The highest BCUT2D eigenvalue weighted by Gasteiger charge is 2.54. The Balaban J connectivity index is 1.33. The molecule has 2 bridgehead atoms. The van der Waals surface area contributed by atoms with Crippen LogP contribution in [0.4, 0.5) is 4.79 Å². The molecule has 1 aromatic carbocycles. The molecule has 2 amide bonds. The molecule has 118 valence electrons. The van der Waals surface area contributed by atoms with Gasteiger partial charge in [-0.1, -0.05) is 36.8 Å². The van der Waals surface area contributed by atoms with E-state index >= 15 is 0 Å². The first-order valence-corrected chi connectivity index (χ1v) is 8.84. The van der Waals surface area contributed by atoms with Crippen LogP contribution in [0.25, 0.3) is 0 Å². The first-order chi connectivity index (χ1) is 10.7. The minimum Gasteiger partial charge on any atom is -0.335 e. The van der Waals surface area contributed by atoms with E-state index in [9.17, 15) is 4.79 Å². The van der Waals surface area contributed by atoms with Crippen molar-refractivity contribution in [1.82, 2.24) is 10.6 Å². The van der Waals surface area contributed by atoms with Crippen LogP contribution in [-0.2, 0) is 0 Å². The van der Waals surface area contributed by atoms with Crippen LogP contribution in [0, 0.1) is 23.7 Å². The summed E-state index contributed by atoms with van der Waals surface area (Å²) >= 11 is 0. The zero-order valence-electron chi connectivity index (χ0n) is 13.3. The van der Waals surface area contributed by atoms with E-state index in [1.807, 2.05) is 25.1 Å². The Kier molecular flexibility index (Phi) is 3.59. The highest BCUT2D eigenvalue weighted by molar-refractivity contribution is 5.74. The predicted octanol–water partition coefficient (Wildman–Crippen LogP) is 3.87. The molecule has 1 aromatic rings. The van der Waals surface area contributed by atoms with Gasteiger partial charge in [-0.15, -0.1) is 0 Å². The average molecular weight is 298 g/mol. The van der Waals surface area contributed by atoms with Gasteiger partial charge in [0.2, 0.25) is 0 Å². The Morgan fingerprint density at radius 3 is 2.68 bits per heavy atom. The first-order valence-electron chi connectivity index (χ1n) is 8.84. The Labute approximate surface area is 132 Å². The van der Waals surface area contributed by atoms with Gasteiger partial charge in [0.1, 0.15) is 0 Å². The van der Waals surface area contributed by atoms with E-state index in [2.05, 4.69) is 22.8 Å². The summed E-state index contributed by atoms with van der Waals surface area (Å²) < 4.78 is 0. The van der Waals surface area contributed by atoms with Crippen molar-refractivity contribution in [3.05, 3.63) is 35.9 Å². The summed E-state index contributed by atoms with van der Waals surface area (Å²) in [5, 5.41) is 6.37. The summed E-state index contributed by atoms with van der Waals surface area (Å²) in [6.07, 6.45) is 6.81. The van der Waals surface area contributed by atoms with E-state index < -0.39 is 0 Å². The van der Waals surface area contributed by atoms with Crippen molar-refractivity contribution in [2.24, 2.45) is 23.7 Å². The van der Waals surface area contributed by atoms with Gasteiger partial charge in [0, 0.05) is 6.04 Å². The molecular weight excluding hydrogens is 272 g/mol. The molecule has 3 aliphatic rings. The van der Waals surface area contributed by atoms with Crippen LogP contribution in [0.5, 0.6) is 0 Å². The fourth-order valence-electron chi connectivity index (χ4n) is 5.47. The van der Waals surface area contributed by atoms with E-state index in [0.29, 0.717) is 6.04 Å². The number of nitrogens with one attached hydrogen (secondary N) is 2. The second-order valence-corrected chi connectivity index (χ2v) is 7.51. The van der Waals surface area contributed by atoms with Crippen molar-refractivity contribution in [3.63, 3.8) is 0 Å². The molecule has 0 unspecified atom stereocenters. The normalized spacial score (nSPS) is 36.9. The summed E-state index contributed by atoms with van der Waals surface area (Å²) in [6, 6.07) is 10.6. The third-order valence-electron chi connectivity index (χ3n) is 6.39. The number of fused-ring (bicyclic) bond motifs is 5. The number of amides is 2. The lowest BCUT2D eigenvalue weighted by Crippen LogP contribution is -2.47. The monoisotopic (exact) mass is 298 g/mol. The predicted molar refractivity (Wildman–Crippen MR) is 87.4 cm³/mol. The fourth-order valence-corrected chi connectivity index (χ4v) is 5.47.